The Labute approximate surface area is 169 Å². The molecule has 2 amide bonds. The average molecular weight is 391 g/mol. The molecule has 1 aliphatic rings. The van der Waals surface area contributed by atoms with Crippen LogP contribution in [0.5, 0.6) is 0 Å². The molecule has 4 rings (SSSR count). The second-order valence-corrected chi connectivity index (χ2v) is 6.77. The second kappa shape index (κ2) is 8.60. The number of hydrogen-bond donors (Lipinski definition) is 2. The van der Waals surface area contributed by atoms with Gasteiger partial charge in [0.05, 0.1) is 17.6 Å². The summed E-state index contributed by atoms with van der Waals surface area (Å²) in [6.45, 7) is 3.02. The average Bonchev–Trinajstić information content (AvgIpc) is 2.75. The van der Waals surface area contributed by atoms with Gasteiger partial charge in [-0.3, -0.25) is 5.32 Å². The first-order chi connectivity index (χ1) is 14.2. The molecular weight excluding hydrogens is 369 g/mol. The molecule has 0 unspecified atom stereocenters. The van der Waals surface area contributed by atoms with Gasteiger partial charge in [0.1, 0.15) is 11.6 Å². The van der Waals surface area contributed by atoms with E-state index in [4.69, 9.17) is 0 Å². The van der Waals surface area contributed by atoms with Crippen LogP contribution in [0.3, 0.4) is 0 Å². The van der Waals surface area contributed by atoms with E-state index < -0.39 is 0 Å². The maximum Gasteiger partial charge on any atom is 0.324 e. The SMILES string of the molecule is O=C(Nc1ccccc1)Nc1ccc(N2CCN(c3ccccc3F)CC2)cn1. The number of benzene rings is 2. The van der Waals surface area contributed by atoms with Crippen molar-refractivity contribution in [2.24, 2.45) is 0 Å². The highest BCUT2D eigenvalue weighted by Crippen LogP contribution is 2.23. The fourth-order valence-electron chi connectivity index (χ4n) is 3.36. The number of nitrogens with zero attached hydrogens (tertiary/aromatic N) is 3. The van der Waals surface area contributed by atoms with Crippen LogP contribution in [0.15, 0.2) is 72.9 Å². The monoisotopic (exact) mass is 391 g/mol. The highest BCUT2D eigenvalue weighted by molar-refractivity contribution is 5.99. The fraction of sp³-hybridized carbons (Fsp3) is 0.182. The van der Waals surface area contributed by atoms with Crippen molar-refractivity contribution in [1.29, 1.82) is 0 Å². The molecule has 1 fully saturated rings. The van der Waals surface area contributed by atoms with E-state index in [0.29, 0.717) is 17.2 Å². The first-order valence-electron chi connectivity index (χ1n) is 9.52. The van der Waals surface area contributed by atoms with Crippen molar-refractivity contribution < 1.29 is 9.18 Å². The van der Waals surface area contributed by atoms with Crippen LogP contribution in [0, 0.1) is 5.82 Å². The van der Waals surface area contributed by atoms with E-state index in [2.05, 4.69) is 25.4 Å². The zero-order chi connectivity index (χ0) is 20.1. The fourth-order valence-corrected chi connectivity index (χ4v) is 3.36. The van der Waals surface area contributed by atoms with Crippen LogP contribution in [0.4, 0.5) is 32.1 Å². The third kappa shape index (κ3) is 4.63. The van der Waals surface area contributed by atoms with Crippen molar-refractivity contribution in [1.82, 2.24) is 4.98 Å². The van der Waals surface area contributed by atoms with Crippen molar-refractivity contribution in [3.05, 3.63) is 78.7 Å². The molecule has 29 heavy (non-hydrogen) atoms. The number of anilines is 4. The van der Waals surface area contributed by atoms with Crippen LogP contribution in [0.25, 0.3) is 0 Å². The topological polar surface area (TPSA) is 60.5 Å². The molecule has 1 aliphatic heterocycles. The molecule has 1 saturated heterocycles. The Morgan fingerprint density at radius 1 is 0.828 bits per heavy atom. The summed E-state index contributed by atoms with van der Waals surface area (Å²) in [6, 6.07) is 19.5. The number of aromatic nitrogens is 1. The lowest BCUT2D eigenvalue weighted by Gasteiger charge is -2.37. The number of pyridine rings is 1. The van der Waals surface area contributed by atoms with Crippen molar-refractivity contribution in [2.75, 3.05) is 46.6 Å². The molecule has 2 N–H and O–H groups in total. The second-order valence-electron chi connectivity index (χ2n) is 6.77. The first-order valence-corrected chi connectivity index (χ1v) is 9.52. The van der Waals surface area contributed by atoms with Crippen LogP contribution < -0.4 is 20.4 Å². The van der Waals surface area contributed by atoms with E-state index >= 15 is 0 Å². The number of urea groups is 1. The number of carbonyl (C=O) groups is 1. The molecule has 1 aromatic heterocycles. The smallest absolute Gasteiger partial charge is 0.324 e. The van der Waals surface area contributed by atoms with Gasteiger partial charge in [0.2, 0.25) is 0 Å². The maximum absolute atomic E-state index is 14.0. The minimum absolute atomic E-state index is 0.188. The van der Waals surface area contributed by atoms with Gasteiger partial charge in [0.25, 0.3) is 0 Å². The molecule has 0 radical (unpaired) electrons. The van der Waals surface area contributed by atoms with Crippen LogP contribution >= 0.6 is 0 Å². The number of halogens is 1. The maximum atomic E-state index is 14.0. The van der Waals surface area contributed by atoms with Gasteiger partial charge in [-0.25, -0.2) is 14.2 Å². The van der Waals surface area contributed by atoms with Gasteiger partial charge in [-0.15, -0.1) is 0 Å². The van der Waals surface area contributed by atoms with E-state index in [1.165, 1.54) is 6.07 Å². The van der Waals surface area contributed by atoms with E-state index in [9.17, 15) is 9.18 Å². The van der Waals surface area contributed by atoms with Crippen molar-refractivity contribution in [3.63, 3.8) is 0 Å². The Bertz CT molecular complexity index is 956. The summed E-state index contributed by atoms with van der Waals surface area (Å²) in [6.07, 6.45) is 1.75. The summed E-state index contributed by atoms with van der Waals surface area (Å²) in [5.41, 5.74) is 2.34. The first kappa shape index (κ1) is 18.7. The summed E-state index contributed by atoms with van der Waals surface area (Å²) < 4.78 is 14.0. The zero-order valence-corrected chi connectivity index (χ0v) is 15.9. The lowest BCUT2D eigenvalue weighted by Crippen LogP contribution is -2.46. The predicted molar refractivity (Wildman–Crippen MR) is 114 cm³/mol. The lowest BCUT2D eigenvalue weighted by molar-refractivity contribution is 0.262. The third-order valence-electron chi connectivity index (χ3n) is 4.86. The zero-order valence-electron chi connectivity index (χ0n) is 15.9. The number of amides is 2. The highest BCUT2D eigenvalue weighted by atomic mass is 19.1. The molecule has 148 valence electrons. The Morgan fingerprint density at radius 3 is 2.21 bits per heavy atom. The van der Waals surface area contributed by atoms with Gasteiger partial charge in [-0.05, 0) is 36.4 Å². The number of rotatable bonds is 4. The van der Waals surface area contributed by atoms with E-state index in [0.717, 1.165) is 31.9 Å². The van der Waals surface area contributed by atoms with Crippen LogP contribution in [0.1, 0.15) is 0 Å². The largest absolute Gasteiger partial charge is 0.367 e. The minimum atomic E-state index is -0.338. The lowest BCUT2D eigenvalue weighted by atomic mass is 10.2. The van der Waals surface area contributed by atoms with Gasteiger partial charge in [0.15, 0.2) is 0 Å². The number of piperazine rings is 1. The molecule has 0 atom stereocenters. The van der Waals surface area contributed by atoms with Crippen molar-refractivity contribution in [3.8, 4) is 0 Å². The molecule has 2 heterocycles. The number of para-hydroxylation sites is 2. The molecule has 2 aromatic carbocycles. The van der Waals surface area contributed by atoms with Gasteiger partial charge in [0, 0.05) is 31.9 Å². The van der Waals surface area contributed by atoms with E-state index in [1.807, 2.05) is 48.5 Å². The van der Waals surface area contributed by atoms with Crippen LogP contribution in [0.2, 0.25) is 0 Å². The van der Waals surface area contributed by atoms with Crippen LogP contribution in [-0.2, 0) is 0 Å². The summed E-state index contributed by atoms with van der Waals surface area (Å²) >= 11 is 0. The summed E-state index contributed by atoms with van der Waals surface area (Å²) in [7, 11) is 0. The van der Waals surface area contributed by atoms with Crippen molar-refractivity contribution in [2.45, 2.75) is 0 Å². The van der Waals surface area contributed by atoms with Gasteiger partial charge >= 0.3 is 6.03 Å². The molecule has 7 heteroatoms. The Balaban J connectivity index is 1.32. The highest BCUT2D eigenvalue weighted by Gasteiger charge is 2.19. The van der Waals surface area contributed by atoms with Crippen LogP contribution in [-0.4, -0.2) is 37.2 Å². The molecule has 0 aliphatic carbocycles. The quantitative estimate of drug-likeness (QED) is 0.700. The number of carbonyl (C=O) groups excluding carboxylic acids is 1. The van der Waals surface area contributed by atoms with Gasteiger partial charge in [-0.2, -0.15) is 0 Å². The van der Waals surface area contributed by atoms with Gasteiger partial charge < -0.3 is 15.1 Å². The van der Waals surface area contributed by atoms with E-state index in [1.54, 1.807) is 18.3 Å². The molecule has 0 spiro atoms. The van der Waals surface area contributed by atoms with Crippen molar-refractivity contribution >= 4 is 28.9 Å². The summed E-state index contributed by atoms with van der Waals surface area (Å²) in [4.78, 5) is 20.7. The summed E-state index contributed by atoms with van der Waals surface area (Å²) in [5, 5.41) is 5.48. The molecule has 3 aromatic rings. The molecular formula is C22H22FN5O. The molecule has 6 nitrogen and oxygen atoms in total. The molecule has 0 bridgehead atoms. The minimum Gasteiger partial charge on any atom is -0.367 e. The summed E-state index contributed by atoms with van der Waals surface area (Å²) in [5.74, 6) is 0.291. The predicted octanol–water partition coefficient (Wildman–Crippen LogP) is 4.19. The molecule has 0 saturated carbocycles. The van der Waals surface area contributed by atoms with E-state index in [-0.39, 0.29) is 11.8 Å². The third-order valence-corrected chi connectivity index (χ3v) is 4.86. The number of hydrogen-bond acceptors (Lipinski definition) is 4. The van der Waals surface area contributed by atoms with Gasteiger partial charge in [-0.1, -0.05) is 30.3 Å². The Morgan fingerprint density at radius 2 is 1.52 bits per heavy atom. The Hall–Kier alpha value is -3.61. The normalized spacial score (nSPS) is 13.8. The Kier molecular flexibility index (Phi) is 5.56. The standard InChI is InChI=1S/C22H22FN5O/c23-19-8-4-5-9-20(19)28-14-12-27(13-15-28)18-10-11-21(24-16-18)26-22(29)25-17-6-2-1-3-7-17/h1-11,16H,12-15H2,(H2,24,25,26,29). The number of nitrogens with one attached hydrogen (secondary N) is 2.